The molecule has 0 saturated heterocycles. The third kappa shape index (κ3) is 3.98. The highest BCUT2D eigenvalue weighted by Gasteiger charge is 2.14. The molecule has 0 bridgehead atoms. The van der Waals surface area contributed by atoms with E-state index in [0.29, 0.717) is 16.5 Å². The van der Waals surface area contributed by atoms with Crippen molar-refractivity contribution in [1.29, 1.82) is 0 Å². The van der Waals surface area contributed by atoms with Crippen molar-refractivity contribution in [2.45, 2.75) is 0 Å². The van der Waals surface area contributed by atoms with Crippen LogP contribution in [0.2, 0.25) is 0 Å². The first-order chi connectivity index (χ1) is 14.0. The molecule has 3 aromatic carbocycles. The summed E-state index contributed by atoms with van der Waals surface area (Å²) in [7, 11) is 0. The predicted octanol–water partition coefficient (Wildman–Crippen LogP) is 4.39. The molecule has 1 amide bonds. The van der Waals surface area contributed by atoms with Crippen molar-refractivity contribution in [2.24, 2.45) is 0 Å². The first-order valence-electron chi connectivity index (χ1n) is 8.61. The second kappa shape index (κ2) is 7.55. The van der Waals surface area contributed by atoms with Gasteiger partial charge in [0.25, 0.3) is 5.91 Å². The number of ketones is 1. The number of hydrogen-bond acceptors (Lipinski definition) is 4. The van der Waals surface area contributed by atoms with Gasteiger partial charge < -0.3 is 5.32 Å². The van der Waals surface area contributed by atoms with Gasteiger partial charge in [-0.2, -0.15) is 0 Å². The summed E-state index contributed by atoms with van der Waals surface area (Å²) in [6.45, 7) is 0. The predicted molar refractivity (Wildman–Crippen MR) is 104 cm³/mol. The summed E-state index contributed by atoms with van der Waals surface area (Å²) in [5.41, 5.74) is 1.43. The molecule has 7 heteroatoms. The molecule has 0 aliphatic carbocycles. The van der Waals surface area contributed by atoms with Crippen LogP contribution in [0.5, 0.6) is 0 Å². The van der Waals surface area contributed by atoms with Crippen LogP contribution in [-0.4, -0.2) is 21.7 Å². The Hall–Kier alpha value is -4.00. The van der Waals surface area contributed by atoms with Crippen molar-refractivity contribution in [2.75, 3.05) is 5.32 Å². The van der Waals surface area contributed by atoms with E-state index >= 15 is 0 Å². The van der Waals surface area contributed by atoms with Gasteiger partial charge in [-0.3, -0.25) is 9.59 Å². The number of carbonyl (C=O) groups excluding carboxylic acids is 2. The molecule has 4 rings (SSSR count). The largest absolute Gasteiger partial charge is 0.322 e. The van der Waals surface area contributed by atoms with E-state index in [4.69, 9.17) is 0 Å². The summed E-state index contributed by atoms with van der Waals surface area (Å²) in [4.78, 5) is 33.1. The van der Waals surface area contributed by atoms with Gasteiger partial charge >= 0.3 is 0 Å². The highest BCUT2D eigenvalue weighted by Crippen LogP contribution is 2.20. The Kier molecular flexibility index (Phi) is 4.78. The van der Waals surface area contributed by atoms with Gasteiger partial charge in [-0.25, -0.2) is 18.7 Å². The smallest absolute Gasteiger partial charge is 0.255 e. The lowest BCUT2D eigenvalue weighted by Crippen LogP contribution is -2.13. The summed E-state index contributed by atoms with van der Waals surface area (Å²) < 4.78 is 27.1. The number of hydrogen-bond donors (Lipinski definition) is 1. The molecule has 0 unspecified atom stereocenters. The fraction of sp³-hybridized carbons (Fsp3) is 0. The number of carbonyl (C=O) groups is 2. The molecule has 1 heterocycles. The maximum atomic E-state index is 14.1. The molecule has 4 aromatic rings. The van der Waals surface area contributed by atoms with Crippen molar-refractivity contribution in [3.8, 4) is 0 Å². The zero-order valence-corrected chi connectivity index (χ0v) is 14.9. The lowest BCUT2D eigenvalue weighted by Gasteiger charge is -2.09. The number of nitrogens with one attached hydrogen (secondary N) is 1. The molecule has 0 aliphatic rings. The Bertz CT molecular complexity index is 1240. The zero-order chi connectivity index (χ0) is 20.4. The molecule has 142 valence electrons. The van der Waals surface area contributed by atoms with E-state index in [9.17, 15) is 18.4 Å². The number of halogens is 2. The van der Waals surface area contributed by atoms with Crippen LogP contribution in [0, 0.1) is 11.6 Å². The highest BCUT2D eigenvalue weighted by molar-refractivity contribution is 6.11. The van der Waals surface area contributed by atoms with Crippen molar-refractivity contribution in [3.63, 3.8) is 0 Å². The normalized spacial score (nSPS) is 10.7. The minimum Gasteiger partial charge on any atom is -0.322 e. The van der Waals surface area contributed by atoms with Gasteiger partial charge in [0.15, 0.2) is 5.78 Å². The molecule has 0 radical (unpaired) electrons. The molecule has 1 N–H and O–H groups in total. The molecule has 0 saturated carbocycles. The van der Waals surface area contributed by atoms with Gasteiger partial charge in [-0.1, -0.05) is 0 Å². The summed E-state index contributed by atoms with van der Waals surface area (Å²) in [5, 5.41) is 3.20. The average Bonchev–Trinajstić information content (AvgIpc) is 2.73. The van der Waals surface area contributed by atoms with Gasteiger partial charge in [-0.15, -0.1) is 0 Å². The minimum atomic E-state index is -0.672. The quantitative estimate of drug-likeness (QED) is 0.526. The molecule has 0 atom stereocenters. The van der Waals surface area contributed by atoms with Crippen LogP contribution in [0.25, 0.3) is 10.9 Å². The van der Waals surface area contributed by atoms with E-state index in [1.165, 1.54) is 24.5 Å². The number of nitrogens with zero attached hydrogens (tertiary/aromatic N) is 2. The highest BCUT2D eigenvalue weighted by atomic mass is 19.1. The Morgan fingerprint density at radius 2 is 1.55 bits per heavy atom. The van der Waals surface area contributed by atoms with Crippen molar-refractivity contribution >= 4 is 28.3 Å². The van der Waals surface area contributed by atoms with Gasteiger partial charge in [0.2, 0.25) is 0 Å². The van der Waals surface area contributed by atoms with Crippen molar-refractivity contribution in [3.05, 3.63) is 102 Å². The summed E-state index contributed by atoms with van der Waals surface area (Å²) in [6.07, 6.45) is 2.99. The summed E-state index contributed by atoms with van der Waals surface area (Å²) in [5.74, 6) is -2.10. The number of fused-ring (bicyclic) bond motifs is 1. The molecule has 0 fully saturated rings. The Morgan fingerprint density at radius 3 is 2.34 bits per heavy atom. The number of rotatable bonds is 4. The van der Waals surface area contributed by atoms with Crippen LogP contribution in [-0.2, 0) is 0 Å². The molecular weight excluding hydrogens is 376 g/mol. The number of anilines is 1. The Balaban J connectivity index is 1.62. The van der Waals surface area contributed by atoms with Crippen LogP contribution in [0.1, 0.15) is 26.3 Å². The first-order valence-corrected chi connectivity index (χ1v) is 8.61. The fourth-order valence-corrected chi connectivity index (χ4v) is 2.89. The fourth-order valence-electron chi connectivity index (χ4n) is 2.89. The second-order valence-electron chi connectivity index (χ2n) is 6.32. The maximum absolute atomic E-state index is 14.1. The van der Waals surface area contributed by atoms with E-state index in [-0.39, 0.29) is 16.8 Å². The maximum Gasteiger partial charge on any atom is 0.255 e. The van der Waals surface area contributed by atoms with Crippen LogP contribution in [0.3, 0.4) is 0 Å². The SMILES string of the molecule is O=C(Nc1cc(F)cc(C(=O)c2ccc3ncncc3c2)c1)c1ccc(F)cc1. The summed E-state index contributed by atoms with van der Waals surface area (Å²) in [6, 6.07) is 13.4. The average molecular weight is 389 g/mol. The van der Waals surface area contributed by atoms with E-state index in [1.54, 1.807) is 24.4 Å². The van der Waals surface area contributed by atoms with E-state index in [0.717, 1.165) is 24.3 Å². The van der Waals surface area contributed by atoms with Crippen LogP contribution in [0.4, 0.5) is 14.5 Å². The van der Waals surface area contributed by atoms with Crippen LogP contribution >= 0.6 is 0 Å². The molecule has 0 aliphatic heterocycles. The third-order valence-electron chi connectivity index (χ3n) is 4.29. The van der Waals surface area contributed by atoms with E-state index in [1.807, 2.05) is 0 Å². The number of benzene rings is 3. The lowest BCUT2D eigenvalue weighted by molar-refractivity contribution is 0.102. The van der Waals surface area contributed by atoms with Gasteiger partial charge in [0, 0.05) is 34.0 Å². The Morgan fingerprint density at radius 1 is 0.793 bits per heavy atom. The molecular formula is C22H13F2N3O2. The molecule has 5 nitrogen and oxygen atoms in total. The van der Waals surface area contributed by atoms with Crippen molar-refractivity contribution in [1.82, 2.24) is 9.97 Å². The standard InChI is InChI=1S/C22H13F2N3O2/c23-17-4-1-13(2-5-17)22(29)27-19-9-15(8-18(24)10-19)21(28)14-3-6-20-16(7-14)11-25-12-26-20/h1-12H,(H,27,29). The van der Waals surface area contributed by atoms with Crippen molar-refractivity contribution < 1.29 is 18.4 Å². The van der Waals surface area contributed by atoms with Crippen LogP contribution in [0.15, 0.2) is 73.2 Å². The van der Waals surface area contributed by atoms with E-state index in [2.05, 4.69) is 15.3 Å². The second-order valence-corrected chi connectivity index (χ2v) is 6.32. The monoisotopic (exact) mass is 389 g/mol. The van der Waals surface area contributed by atoms with Gasteiger partial charge in [0.05, 0.1) is 5.52 Å². The van der Waals surface area contributed by atoms with E-state index < -0.39 is 23.3 Å². The van der Waals surface area contributed by atoms with Gasteiger partial charge in [-0.05, 0) is 60.7 Å². The first kappa shape index (κ1) is 18.4. The molecule has 1 aromatic heterocycles. The topological polar surface area (TPSA) is 72.0 Å². The molecule has 29 heavy (non-hydrogen) atoms. The Labute approximate surface area is 164 Å². The number of aromatic nitrogens is 2. The summed E-state index contributed by atoms with van der Waals surface area (Å²) >= 11 is 0. The minimum absolute atomic E-state index is 0.0793. The number of amides is 1. The lowest BCUT2D eigenvalue weighted by atomic mass is 10.0. The van der Waals surface area contributed by atoms with Gasteiger partial charge in [0.1, 0.15) is 18.0 Å². The third-order valence-corrected chi connectivity index (χ3v) is 4.29. The molecule has 0 spiro atoms. The van der Waals surface area contributed by atoms with Crippen LogP contribution < -0.4 is 5.32 Å². The zero-order valence-electron chi connectivity index (χ0n) is 14.9.